The molecule has 1 spiro atoms. The second kappa shape index (κ2) is 3.89. The second-order valence-electron chi connectivity index (χ2n) is 5.66. The van der Waals surface area contributed by atoms with E-state index in [1.807, 2.05) is 0 Å². The molecule has 1 nitrogen and oxygen atoms in total. The monoisotopic (exact) mass is 215 g/mol. The molecule has 3 rings (SSSR count). The largest absolute Gasteiger partial charge is 0.306 e. The highest BCUT2D eigenvalue weighted by Gasteiger charge is 2.39. The number of hydrogen-bond donors (Lipinski definition) is 0. The highest BCUT2D eigenvalue weighted by molar-refractivity contribution is 5.36. The lowest BCUT2D eigenvalue weighted by Crippen LogP contribution is -2.40. The van der Waals surface area contributed by atoms with E-state index >= 15 is 0 Å². The first-order valence-electron chi connectivity index (χ1n) is 6.53. The Balaban J connectivity index is 1.89. The van der Waals surface area contributed by atoms with Crippen LogP contribution < -0.4 is 0 Å². The van der Waals surface area contributed by atoms with Crippen LogP contribution in [0.25, 0.3) is 0 Å². The SMILES string of the molecule is CN1CCC2(CCC3=CC=CC=C2C3)CC1. The van der Waals surface area contributed by atoms with Crippen LogP contribution in [0.1, 0.15) is 32.1 Å². The lowest BCUT2D eigenvalue weighted by atomic mass is 9.64. The fraction of sp³-hybridized carbons (Fsp3) is 0.600. The lowest BCUT2D eigenvalue weighted by Gasteiger charge is -2.45. The third kappa shape index (κ3) is 1.67. The van der Waals surface area contributed by atoms with Gasteiger partial charge < -0.3 is 4.90 Å². The molecule has 1 saturated carbocycles. The molecule has 0 aromatic carbocycles. The molecule has 3 aliphatic rings. The molecular formula is C15H21N. The quantitative estimate of drug-likeness (QED) is 0.599. The maximum atomic E-state index is 2.48. The molecule has 2 bridgehead atoms. The predicted molar refractivity (Wildman–Crippen MR) is 68.3 cm³/mol. The van der Waals surface area contributed by atoms with Crippen LogP contribution >= 0.6 is 0 Å². The topological polar surface area (TPSA) is 3.24 Å². The highest BCUT2D eigenvalue weighted by Crippen LogP contribution is 2.50. The summed E-state index contributed by atoms with van der Waals surface area (Å²) in [6.07, 6.45) is 15.9. The first-order chi connectivity index (χ1) is 7.78. The van der Waals surface area contributed by atoms with Gasteiger partial charge in [-0.15, -0.1) is 0 Å². The fourth-order valence-corrected chi connectivity index (χ4v) is 3.44. The van der Waals surface area contributed by atoms with E-state index in [2.05, 4.69) is 36.3 Å². The van der Waals surface area contributed by atoms with Crippen LogP contribution in [0.3, 0.4) is 0 Å². The molecule has 2 fully saturated rings. The molecule has 0 unspecified atom stereocenters. The van der Waals surface area contributed by atoms with Crippen molar-refractivity contribution in [2.45, 2.75) is 32.1 Å². The van der Waals surface area contributed by atoms with Crippen molar-refractivity contribution in [1.82, 2.24) is 4.90 Å². The number of allylic oxidation sites excluding steroid dienone is 6. The smallest absolute Gasteiger partial charge is 0.00134 e. The first kappa shape index (κ1) is 10.3. The van der Waals surface area contributed by atoms with Crippen LogP contribution in [-0.2, 0) is 0 Å². The van der Waals surface area contributed by atoms with Gasteiger partial charge in [-0.3, -0.25) is 0 Å². The summed E-state index contributed by atoms with van der Waals surface area (Å²) in [5.74, 6) is 0. The normalized spacial score (nSPS) is 28.6. The average Bonchev–Trinajstić information content (AvgIpc) is 2.51. The van der Waals surface area contributed by atoms with Gasteiger partial charge in [0.1, 0.15) is 0 Å². The van der Waals surface area contributed by atoms with Crippen LogP contribution in [0.4, 0.5) is 0 Å². The van der Waals surface area contributed by atoms with Crippen molar-refractivity contribution in [3.8, 4) is 0 Å². The molecule has 1 aliphatic heterocycles. The summed E-state index contributed by atoms with van der Waals surface area (Å²) < 4.78 is 0. The molecule has 1 saturated heterocycles. The molecule has 1 heteroatoms. The van der Waals surface area contributed by atoms with Crippen LogP contribution in [0.15, 0.2) is 35.5 Å². The van der Waals surface area contributed by atoms with Crippen molar-refractivity contribution in [2.24, 2.45) is 5.41 Å². The summed E-state index contributed by atoms with van der Waals surface area (Å²) in [4.78, 5) is 2.48. The van der Waals surface area contributed by atoms with Gasteiger partial charge in [0.2, 0.25) is 0 Å². The van der Waals surface area contributed by atoms with Gasteiger partial charge in [-0.25, -0.2) is 0 Å². The van der Waals surface area contributed by atoms with Crippen molar-refractivity contribution < 1.29 is 0 Å². The molecule has 0 amide bonds. The van der Waals surface area contributed by atoms with Crippen LogP contribution in [-0.4, -0.2) is 25.0 Å². The molecule has 1 heterocycles. The van der Waals surface area contributed by atoms with Gasteiger partial charge in [-0.05, 0) is 57.7 Å². The minimum atomic E-state index is 0.554. The third-order valence-corrected chi connectivity index (χ3v) is 4.71. The maximum Gasteiger partial charge on any atom is -0.00134 e. The van der Waals surface area contributed by atoms with Gasteiger partial charge in [-0.2, -0.15) is 0 Å². The number of nitrogens with zero attached hydrogens (tertiary/aromatic N) is 1. The van der Waals surface area contributed by atoms with E-state index in [1.165, 1.54) is 45.2 Å². The number of piperidine rings is 1. The van der Waals surface area contributed by atoms with E-state index in [1.54, 1.807) is 11.1 Å². The third-order valence-electron chi connectivity index (χ3n) is 4.71. The van der Waals surface area contributed by atoms with E-state index < -0.39 is 0 Å². The maximum absolute atomic E-state index is 2.48. The molecule has 0 aromatic heterocycles. The Morgan fingerprint density at radius 1 is 1.06 bits per heavy atom. The Labute approximate surface area is 98.5 Å². The Morgan fingerprint density at radius 2 is 1.81 bits per heavy atom. The minimum absolute atomic E-state index is 0.554. The summed E-state index contributed by atoms with van der Waals surface area (Å²) in [6.45, 7) is 2.56. The second-order valence-corrected chi connectivity index (χ2v) is 5.66. The van der Waals surface area contributed by atoms with Gasteiger partial charge in [0, 0.05) is 0 Å². The van der Waals surface area contributed by atoms with Gasteiger partial charge in [0.15, 0.2) is 0 Å². The summed E-state index contributed by atoms with van der Waals surface area (Å²) in [5.41, 5.74) is 3.91. The van der Waals surface area contributed by atoms with E-state index in [0.29, 0.717) is 5.41 Å². The number of hydrogen-bond acceptors (Lipinski definition) is 1. The molecule has 16 heavy (non-hydrogen) atoms. The van der Waals surface area contributed by atoms with Gasteiger partial charge in [-0.1, -0.05) is 35.5 Å². The van der Waals surface area contributed by atoms with Crippen molar-refractivity contribution in [3.63, 3.8) is 0 Å². The van der Waals surface area contributed by atoms with E-state index in [0.717, 1.165) is 0 Å². The van der Waals surface area contributed by atoms with Crippen molar-refractivity contribution >= 4 is 0 Å². The first-order valence-corrected chi connectivity index (χ1v) is 6.53. The summed E-state index contributed by atoms with van der Waals surface area (Å²) in [7, 11) is 2.25. The number of fused-ring (bicyclic) bond motifs is 3. The minimum Gasteiger partial charge on any atom is -0.306 e. The summed E-state index contributed by atoms with van der Waals surface area (Å²) in [5, 5.41) is 0. The van der Waals surface area contributed by atoms with E-state index in [-0.39, 0.29) is 0 Å². The summed E-state index contributed by atoms with van der Waals surface area (Å²) in [6, 6.07) is 0. The zero-order valence-corrected chi connectivity index (χ0v) is 10.2. The van der Waals surface area contributed by atoms with E-state index in [9.17, 15) is 0 Å². The van der Waals surface area contributed by atoms with Crippen LogP contribution in [0.5, 0.6) is 0 Å². The average molecular weight is 215 g/mol. The molecule has 0 atom stereocenters. The van der Waals surface area contributed by atoms with E-state index in [4.69, 9.17) is 0 Å². The Morgan fingerprint density at radius 3 is 2.62 bits per heavy atom. The van der Waals surface area contributed by atoms with Gasteiger partial charge >= 0.3 is 0 Å². The van der Waals surface area contributed by atoms with Crippen molar-refractivity contribution in [1.29, 1.82) is 0 Å². The standard InChI is InChI=1S/C15H21N/c1-16-10-8-15(9-11-16)7-6-13-4-2-3-5-14(15)12-13/h2-5H,6-12H2,1H3. The highest BCUT2D eigenvalue weighted by atomic mass is 15.1. The number of rotatable bonds is 0. The Kier molecular flexibility index (Phi) is 2.51. The lowest BCUT2D eigenvalue weighted by molar-refractivity contribution is 0.136. The molecule has 0 radical (unpaired) electrons. The summed E-state index contributed by atoms with van der Waals surface area (Å²) >= 11 is 0. The Bertz CT molecular complexity index is 365. The number of likely N-dealkylation sites (tertiary alicyclic amines) is 1. The zero-order valence-electron chi connectivity index (χ0n) is 10.2. The van der Waals surface area contributed by atoms with Crippen LogP contribution in [0, 0.1) is 5.41 Å². The Hall–Kier alpha value is -0.820. The van der Waals surface area contributed by atoms with Crippen molar-refractivity contribution in [3.05, 3.63) is 35.5 Å². The van der Waals surface area contributed by atoms with Crippen LogP contribution in [0.2, 0.25) is 0 Å². The van der Waals surface area contributed by atoms with Crippen molar-refractivity contribution in [2.75, 3.05) is 20.1 Å². The molecule has 0 N–H and O–H groups in total. The molecule has 86 valence electrons. The van der Waals surface area contributed by atoms with Gasteiger partial charge in [0.25, 0.3) is 0 Å². The molecule has 0 aromatic rings. The molecule has 2 aliphatic carbocycles. The van der Waals surface area contributed by atoms with Gasteiger partial charge in [0.05, 0.1) is 0 Å². The fourth-order valence-electron chi connectivity index (χ4n) is 3.44. The predicted octanol–water partition coefficient (Wildman–Crippen LogP) is 3.30. The molecular weight excluding hydrogens is 194 g/mol. The zero-order chi connectivity index (χ0) is 11.0.